The number of aryl methyl sites for hydroxylation is 3. The fourth-order valence-corrected chi connectivity index (χ4v) is 3.79. The van der Waals surface area contributed by atoms with E-state index in [-0.39, 0.29) is 11.8 Å². The SMILES string of the molecule is Cc1cc(C)n(CC(C)CNC(=O)c2ccccc2SCc2nc(C)no2)n1. The summed E-state index contributed by atoms with van der Waals surface area (Å²) in [6, 6.07) is 9.62. The van der Waals surface area contributed by atoms with Crippen LogP contribution in [-0.2, 0) is 12.3 Å². The summed E-state index contributed by atoms with van der Waals surface area (Å²) in [5.74, 6) is 1.88. The van der Waals surface area contributed by atoms with Crippen molar-refractivity contribution >= 4 is 17.7 Å². The summed E-state index contributed by atoms with van der Waals surface area (Å²) in [4.78, 5) is 17.8. The molecule has 0 saturated heterocycles. The lowest BCUT2D eigenvalue weighted by Crippen LogP contribution is -2.30. The van der Waals surface area contributed by atoms with Gasteiger partial charge >= 0.3 is 0 Å². The Morgan fingerprint density at radius 3 is 2.75 bits per heavy atom. The monoisotopic (exact) mass is 399 g/mol. The van der Waals surface area contributed by atoms with Crippen LogP contribution in [-0.4, -0.2) is 32.4 Å². The first-order chi connectivity index (χ1) is 13.4. The molecule has 0 spiro atoms. The largest absolute Gasteiger partial charge is 0.352 e. The third-order valence-corrected chi connectivity index (χ3v) is 5.31. The fourth-order valence-electron chi connectivity index (χ4n) is 2.90. The van der Waals surface area contributed by atoms with Crippen LogP contribution in [0.4, 0.5) is 0 Å². The van der Waals surface area contributed by atoms with Gasteiger partial charge in [0.2, 0.25) is 5.89 Å². The van der Waals surface area contributed by atoms with E-state index in [1.54, 1.807) is 6.92 Å². The fraction of sp³-hybridized carbons (Fsp3) is 0.400. The Hall–Kier alpha value is -2.61. The second kappa shape index (κ2) is 9.05. The summed E-state index contributed by atoms with van der Waals surface area (Å²) in [5.41, 5.74) is 2.80. The average molecular weight is 400 g/mol. The van der Waals surface area contributed by atoms with E-state index < -0.39 is 0 Å². The molecule has 2 aromatic heterocycles. The van der Waals surface area contributed by atoms with Crippen molar-refractivity contribution in [3.05, 3.63) is 59.0 Å². The molecule has 7 nitrogen and oxygen atoms in total. The number of carbonyl (C=O) groups excluding carboxylic acids is 1. The van der Waals surface area contributed by atoms with Crippen LogP contribution >= 0.6 is 11.8 Å². The number of aromatic nitrogens is 4. The molecule has 0 bridgehead atoms. The van der Waals surface area contributed by atoms with Gasteiger partial charge in [-0.1, -0.05) is 24.2 Å². The number of nitrogens with zero attached hydrogens (tertiary/aromatic N) is 4. The van der Waals surface area contributed by atoms with Gasteiger partial charge in [-0.25, -0.2) is 0 Å². The van der Waals surface area contributed by atoms with Gasteiger partial charge in [-0.15, -0.1) is 11.8 Å². The van der Waals surface area contributed by atoms with E-state index in [4.69, 9.17) is 4.52 Å². The Bertz CT molecular complexity index is 950. The molecular formula is C20H25N5O2S. The first kappa shape index (κ1) is 20.1. The Balaban J connectivity index is 1.57. The number of hydrogen-bond donors (Lipinski definition) is 1. The lowest BCUT2D eigenvalue weighted by molar-refractivity contribution is 0.0943. The zero-order chi connectivity index (χ0) is 20.1. The maximum Gasteiger partial charge on any atom is 0.252 e. The van der Waals surface area contributed by atoms with E-state index in [2.05, 4.69) is 33.5 Å². The van der Waals surface area contributed by atoms with Crippen molar-refractivity contribution in [2.45, 2.75) is 44.9 Å². The summed E-state index contributed by atoms with van der Waals surface area (Å²) >= 11 is 1.51. The van der Waals surface area contributed by atoms with E-state index >= 15 is 0 Å². The highest BCUT2D eigenvalue weighted by molar-refractivity contribution is 7.98. The zero-order valence-corrected chi connectivity index (χ0v) is 17.4. The van der Waals surface area contributed by atoms with Crippen molar-refractivity contribution in [2.75, 3.05) is 6.54 Å². The topological polar surface area (TPSA) is 85.8 Å². The molecule has 28 heavy (non-hydrogen) atoms. The number of amides is 1. The number of hydrogen-bond acceptors (Lipinski definition) is 6. The van der Waals surface area contributed by atoms with E-state index in [1.807, 2.05) is 42.8 Å². The van der Waals surface area contributed by atoms with Crippen molar-refractivity contribution in [2.24, 2.45) is 5.92 Å². The van der Waals surface area contributed by atoms with Crippen molar-refractivity contribution in [1.29, 1.82) is 0 Å². The van der Waals surface area contributed by atoms with E-state index in [0.717, 1.165) is 22.8 Å². The minimum absolute atomic E-state index is 0.0787. The number of rotatable bonds is 8. The maximum absolute atomic E-state index is 12.7. The Kier molecular flexibility index (Phi) is 6.51. The van der Waals surface area contributed by atoms with Gasteiger partial charge < -0.3 is 9.84 Å². The molecule has 0 saturated carbocycles. The quantitative estimate of drug-likeness (QED) is 0.583. The lowest BCUT2D eigenvalue weighted by atomic mass is 10.1. The molecule has 3 rings (SSSR count). The number of thioether (sulfide) groups is 1. The highest BCUT2D eigenvalue weighted by Crippen LogP contribution is 2.25. The summed E-state index contributed by atoms with van der Waals surface area (Å²) in [6.45, 7) is 9.28. The molecule has 1 amide bonds. The van der Waals surface area contributed by atoms with Crippen LogP contribution in [0.1, 0.15) is 40.4 Å². The van der Waals surface area contributed by atoms with Crippen molar-refractivity contribution in [3.8, 4) is 0 Å². The number of benzene rings is 1. The summed E-state index contributed by atoms with van der Waals surface area (Å²) in [5, 5.41) is 11.3. The molecule has 148 valence electrons. The molecule has 0 radical (unpaired) electrons. The van der Waals surface area contributed by atoms with Gasteiger partial charge in [0.15, 0.2) is 5.82 Å². The normalized spacial score (nSPS) is 12.1. The van der Waals surface area contributed by atoms with E-state index in [1.165, 1.54) is 11.8 Å². The lowest BCUT2D eigenvalue weighted by Gasteiger charge is -2.15. The minimum atomic E-state index is -0.0787. The predicted octanol–water partition coefficient (Wildman–Crippen LogP) is 3.55. The second-order valence-corrected chi connectivity index (χ2v) is 7.96. The van der Waals surface area contributed by atoms with Gasteiger partial charge in [0, 0.05) is 23.7 Å². The third-order valence-electron chi connectivity index (χ3n) is 4.25. The molecule has 0 fully saturated rings. The van der Waals surface area contributed by atoms with Crippen LogP contribution in [0, 0.1) is 26.7 Å². The van der Waals surface area contributed by atoms with Crippen molar-refractivity contribution < 1.29 is 9.32 Å². The Morgan fingerprint density at radius 2 is 2.07 bits per heavy atom. The molecule has 2 heterocycles. The van der Waals surface area contributed by atoms with Gasteiger partial charge in [0.05, 0.1) is 17.0 Å². The van der Waals surface area contributed by atoms with Crippen LogP contribution in [0.2, 0.25) is 0 Å². The summed E-state index contributed by atoms with van der Waals surface area (Å²) in [7, 11) is 0. The summed E-state index contributed by atoms with van der Waals surface area (Å²) < 4.78 is 7.13. The second-order valence-electron chi connectivity index (χ2n) is 6.94. The van der Waals surface area contributed by atoms with E-state index in [9.17, 15) is 4.79 Å². The Labute approximate surface area is 168 Å². The highest BCUT2D eigenvalue weighted by Gasteiger charge is 2.14. The number of carbonyl (C=O) groups is 1. The van der Waals surface area contributed by atoms with Gasteiger partial charge in [-0.3, -0.25) is 9.48 Å². The van der Waals surface area contributed by atoms with Gasteiger partial charge in [0.25, 0.3) is 5.91 Å². The van der Waals surface area contributed by atoms with E-state index in [0.29, 0.717) is 29.6 Å². The molecule has 1 N–H and O–H groups in total. The van der Waals surface area contributed by atoms with Crippen LogP contribution < -0.4 is 5.32 Å². The molecule has 8 heteroatoms. The third kappa shape index (κ3) is 5.22. The zero-order valence-electron chi connectivity index (χ0n) is 16.6. The molecular weight excluding hydrogens is 374 g/mol. The Morgan fingerprint density at radius 1 is 1.29 bits per heavy atom. The van der Waals surface area contributed by atoms with Gasteiger partial charge in [-0.2, -0.15) is 10.1 Å². The highest BCUT2D eigenvalue weighted by atomic mass is 32.2. The van der Waals surface area contributed by atoms with Crippen LogP contribution in [0.5, 0.6) is 0 Å². The molecule has 0 aliphatic rings. The molecule has 1 atom stereocenters. The van der Waals surface area contributed by atoms with Crippen LogP contribution in [0.15, 0.2) is 39.8 Å². The standard InChI is InChI=1S/C20H25N5O2S/c1-13(11-25-15(3)9-14(2)23-25)10-21-20(26)17-7-5-6-8-18(17)28-12-19-22-16(4)24-27-19/h5-9,13H,10-12H2,1-4H3,(H,21,26). The van der Waals surface area contributed by atoms with Gasteiger partial charge in [-0.05, 0) is 44.9 Å². The van der Waals surface area contributed by atoms with Crippen LogP contribution in [0.3, 0.4) is 0 Å². The van der Waals surface area contributed by atoms with Crippen molar-refractivity contribution in [3.63, 3.8) is 0 Å². The smallest absolute Gasteiger partial charge is 0.252 e. The molecule has 3 aromatic rings. The summed E-state index contributed by atoms with van der Waals surface area (Å²) in [6.07, 6.45) is 0. The molecule has 1 unspecified atom stereocenters. The average Bonchev–Trinajstić information content (AvgIpc) is 3.22. The van der Waals surface area contributed by atoms with Crippen LogP contribution in [0.25, 0.3) is 0 Å². The first-order valence-corrected chi connectivity index (χ1v) is 10.2. The molecule has 0 aliphatic heterocycles. The van der Waals surface area contributed by atoms with Crippen molar-refractivity contribution in [1.82, 2.24) is 25.2 Å². The first-order valence-electron chi connectivity index (χ1n) is 9.22. The molecule has 1 aromatic carbocycles. The molecule has 0 aliphatic carbocycles. The maximum atomic E-state index is 12.7. The predicted molar refractivity (Wildman–Crippen MR) is 108 cm³/mol. The number of nitrogens with one attached hydrogen (secondary N) is 1. The van der Waals surface area contributed by atoms with Gasteiger partial charge in [0.1, 0.15) is 0 Å². The minimum Gasteiger partial charge on any atom is -0.352 e.